The highest BCUT2D eigenvalue weighted by atomic mass is 32.2. The molecule has 0 unspecified atom stereocenters. The number of carbonyl (C=O) groups excluding carboxylic acids is 1. The molecular formula is C23H25N3O2S2. The SMILES string of the molecule is CN(Cc1ccccc1N1CCOCC1)C(=O)c1ccc(SCc2cscn2)cc1. The summed E-state index contributed by atoms with van der Waals surface area (Å²) in [7, 11) is 1.86. The minimum absolute atomic E-state index is 0.0304. The lowest BCUT2D eigenvalue weighted by atomic mass is 10.1. The summed E-state index contributed by atoms with van der Waals surface area (Å²) < 4.78 is 5.48. The Morgan fingerprint density at radius 1 is 1.17 bits per heavy atom. The average molecular weight is 440 g/mol. The zero-order valence-electron chi connectivity index (χ0n) is 17.0. The fourth-order valence-corrected chi connectivity index (χ4v) is 4.93. The van der Waals surface area contributed by atoms with Crippen LogP contribution in [0.5, 0.6) is 0 Å². The van der Waals surface area contributed by atoms with Crippen LogP contribution in [0.25, 0.3) is 0 Å². The summed E-state index contributed by atoms with van der Waals surface area (Å²) in [5.41, 5.74) is 5.99. The lowest BCUT2D eigenvalue weighted by molar-refractivity contribution is 0.0785. The molecule has 5 nitrogen and oxygen atoms in total. The number of ether oxygens (including phenoxy) is 1. The second-order valence-corrected chi connectivity index (χ2v) is 8.95. The second-order valence-electron chi connectivity index (χ2n) is 7.18. The van der Waals surface area contributed by atoms with Crippen molar-refractivity contribution in [1.29, 1.82) is 0 Å². The number of anilines is 1. The third-order valence-electron chi connectivity index (χ3n) is 5.07. The van der Waals surface area contributed by atoms with Gasteiger partial charge in [-0.05, 0) is 35.9 Å². The number of thiazole rings is 1. The summed E-state index contributed by atoms with van der Waals surface area (Å²) in [5, 5.41) is 2.06. The van der Waals surface area contributed by atoms with Gasteiger partial charge < -0.3 is 14.5 Å². The third kappa shape index (κ3) is 5.22. The van der Waals surface area contributed by atoms with Gasteiger partial charge in [-0.15, -0.1) is 23.1 Å². The fourth-order valence-electron chi connectivity index (χ4n) is 3.46. The number of thioether (sulfide) groups is 1. The van der Waals surface area contributed by atoms with E-state index in [2.05, 4.69) is 33.5 Å². The van der Waals surface area contributed by atoms with Crippen LogP contribution in [-0.2, 0) is 17.0 Å². The molecule has 3 aromatic rings. The molecule has 1 aliphatic rings. The maximum atomic E-state index is 13.0. The van der Waals surface area contributed by atoms with E-state index in [1.54, 1.807) is 28.0 Å². The number of para-hydroxylation sites is 1. The molecule has 7 heteroatoms. The van der Waals surface area contributed by atoms with Crippen LogP contribution in [-0.4, -0.2) is 49.1 Å². The Kier molecular flexibility index (Phi) is 7.04. The van der Waals surface area contributed by atoms with Crippen LogP contribution in [0, 0.1) is 0 Å². The van der Waals surface area contributed by atoms with Gasteiger partial charge in [0.05, 0.1) is 24.4 Å². The smallest absolute Gasteiger partial charge is 0.253 e. The second kappa shape index (κ2) is 10.1. The van der Waals surface area contributed by atoms with Gasteiger partial charge in [0.2, 0.25) is 0 Å². The highest BCUT2D eigenvalue weighted by Crippen LogP contribution is 2.25. The highest BCUT2D eigenvalue weighted by molar-refractivity contribution is 7.98. The first-order valence-electron chi connectivity index (χ1n) is 9.97. The van der Waals surface area contributed by atoms with Crippen molar-refractivity contribution in [2.75, 3.05) is 38.3 Å². The van der Waals surface area contributed by atoms with Gasteiger partial charge in [0, 0.05) is 54.0 Å². The summed E-state index contributed by atoms with van der Waals surface area (Å²) in [6.45, 7) is 3.84. The molecule has 1 saturated heterocycles. The summed E-state index contributed by atoms with van der Waals surface area (Å²) in [4.78, 5) is 22.5. The molecule has 1 amide bonds. The molecule has 1 aliphatic heterocycles. The fraction of sp³-hybridized carbons (Fsp3) is 0.304. The first-order valence-corrected chi connectivity index (χ1v) is 11.9. The molecule has 2 heterocycles. The van der Waals surface area contributed by atoms with Crippen molar-refractivity contribution in [3.8, 4) is 0 Å². The number of hydrogen-bond donors (Lipinski definition) is 0. The Morgan fingerprint density at radius 3 is 2.67 bits per heavy atom. The maximum Gasteiger partial charge on any atom is 0.253 e. The molecule has 0 aliphatic carbocycles. The molecule has 0 bridgehead atoms. The summed E-state index contributed by atoms with van der Waals surface area (Å²) >= 11 is 3.34. The van der Waals surface area contributed by atoms with E-state index in [1.165, 1.54) is 5.69 Å². The summed E-state index contributed by atoms with van der Waals surface area (Å²) in [6, 6.07) is 16.2. The highest BCUT2D eigenvalue weighted by Gasteiger charge is 2.18. The van der Waals surface area contributed by atoms with Gasteiger partial charge in [0.15, 0.2) is 0 Å². The van der Waals surface area contributed by atoms with Crippen molar-refractivity contribution in [3.63, 3.8) is 0 Å². The van der Waals surface area contributed by atoms with Crippen molar-refractivity contribution < 1.29 is 9.53 Å². The lowest BCUT2D eigenvalue weighted by Crippen LogP contribution is -2.37. The number of rotatable bonds is 7. The van der Waals surface area contributed by atoms with E-state index in [1.807, 2.05) is 42.9 Å². The van der Waals surface area contributed by atoms with E-state index in [4.69, 9.17) is 4.74 Å². The van der Waals surface area contributed by atoms with Crippen molar-refractivity contribution in [2.24, 2.45) is 0 Å². The lowest BCUT2D eigenvalue weighted by Gasteiger charge is -2.31. The van der Waals surface area contributed by atoms with E-state index in [-0.39, 0.29) is 5.91 Å². The Balaban J connectivity index is 1.39. The predicted octanol–water partition coefficient (Wildman–Crippen LogP) is 4.54. The molecule has 2 aromatic carbocycles. The van der Waals surface area contributed by atoms with Crippen LogP contribution in [0.2, 0.25) is 0 Å². The number of nitrogens with zero attached hydrogens (tertiary/aromatic N) is 3. The Bertz CT molecular complexity index is 955. The molecule has 0 atom stereocenters. The number of carbonyl (C=O) groups is 1. The molecule has 0 saturated carbocycles. The van der Waals surface area contributed by atoms with Crippen LogP contribution >= 0.6 is 23.1 Å². The number of aromatic nitrogens is 1. The number of amides is 1. The Hall–Kier alpha value is -2.35. The van der Waals surface area contributed by atoms with Crippen LogP contribution < -0.4 is 4.90 Å². The van der Waals surface area contributed by atoms with Crippen LogP contribution in [0.4, 0.5) is 5.69 Å². The molecule has 30 heavy (non-hydrogen) atoms. The normalized spacial score (nSPS) is 14.0. The van der Waals surface area contributed by atoms with Crippen molar-refractivity contribution in [2.45, 2.75) is 17.2 Å². The van der Waals surface area contributed by atoms with E-state index >= 15 is 0 Å². The number of benzene rings is 2. The molecular weight excluding hydrogens is 414 g/mol. The largest absolute Gasteiger partial charge is 0.378 e. The number of morpholine rings is 1. The van der Waals surface area contributed by atoms with E-state index in [0.29, 0.717) is 12.1 Å². The van der Waals surface area contributed by atoms with Gasteiger partial charge in [-0.2, -0.15) is 0 Å². The monoisotopic (exact) mass is 439 g/mol. The first-order chi connectivity index (χ1) is 14.7. The van der Waals surface area contributed by atoms with Gasteiger partial charge in [-0.3, -0.25) is 4.79 Å². The predicted molar refractivity (Wildman–Crippen MR) is 123 cm³/mol. The molecule has 156 valence electrons. The third-order valence-corrected chi connectivity index (χ3v) is 6.75. The van der Waals surface area contributed by atoms with Gasteiger partial charge in [0.1, 0.15) is 0 Å². The minimum atomic E-state index is 0.0304. The van der Waals surface area contributed by atoms with Gasteiger partial charge >= 0.3 is 0 Å². The standard InChI is InChI=1S/C23H25N3O2S2/c1-25(14-19-4-2-3-5-22(19)26-10-12-28-13-11-26)23(27)18-6-8-21(9-7-18)30-16-20-15-29-17-24-20/h2-9,15,17H,10-14,16H2,1H3. The first kappa shape index (κ1) is 20.9. The van der Waals surface area contributed by atoms with Crippen molar-refractivity contribution in [3.05, 3.63) is 76.2 Å². The van der Waals surface area contributed by atoms with E-state index in [9.17, 15) is 4.79 Å². The van der Waals surface area contributed by atoms with Crippen LogP contribution in [0.15, 0.2) is 64.3 Å². The quantitative estimate of drug-likeness (QED) is 0.506. The van der Waals surface area contributed by atoms with Gasteiger partial charge in [-0.1, -0.05) is 18.2 Å². The minimum Gasteiger partial charge on any atom is -0.378 e. The van der Waals surface area contributed by atoms with Gasteiger partial charge in [-0.25, -0.2) is 4.98 Å². The summed E-state index contributed by atoms with van der Waals surface area (Å²) in [6.07, 6.45) is 0. The maximum absolute atomic E-state index is 13.0. The number of hydrogen-bond acceptors (Lipinski definition) is 6. The molecule has 1 fully saturated rings. The molecule has 0 radical (unpaired) electrons. The summed E-state index contributed by atoms with van der Waals surface area (Å²) in [5.74, 6) is 0.873. The zero-order valence-corrected chi connectivity index (χ0v) is 18.6. The Morgan fingerprint density at radius 2 is 1.93 bits per heavy atom. The average Bonchev–Trinajstić information content (AvgIpc) is 3.32. The van der Waals surface area contributed by atoms with Crippen LogP contribution in [0.1, 0.15) is 21.6 Å². The molecule has 1 aromatic heterocycles. The van der Waals surface area contributed by atoms with E-state index in [0.717, 1.165) is 48.2 Å². The van der Waals surface area contributed by atoms with Gasteiger partial charge in [0.25, 0.3) is 5.91 Å². The van der Waals surface area contributed by atoms with Crippen LogP contribution in [0.3, 0.4) is 0 Å². The molecule has 4 rings (SSSR count). The molecule has 0 N–H and O–H groups in total. The zero-order chi connectivity index (χ0) is 20.8. The van der Waals surface area contributed by atoms with E-state index < -0.39 is 0 Å². The van der Waals surface area contributed by atoms with Crippen molar-refractivity contribution >= 4 is 34.7 Å². The van der Waals surface area contributed by atoms with Crippen molar-refractivity contribution in [1.82, 2.24) is 9.88 Å². The topological polar surface area (TPSA) is 45.7 Å². The Labute approximate surface area is 185 Å². The molecule has 0 spiro atoms.